The van der Waals surface area contributed by atoms with Crippen LogP contribution >= 0.6 is 11.3 Å². The maximum Gasteiger partial charge on any atom is 0.125 e. The molecule has 0 spiro atoms. The molecule has 1 N–H and O–H groups in total. The number of thiophene rings is 1. The second-order valence-electron chi connectivity index (χ2n) is 4.22. The van der Waals surface area contributed by atoms with Gasteiger partial charge < -0.3 is 10.0 Å². The van der Waals surface area contributed by atoms with E-state index < -0.39 is 0 Å². The summed E-state index contributed by atoms with van der Waals surface area (Å²) < 4.78 is 13.3. The van der Waals surface area contributed by atoms with Crippen LogP contribution in [0.3, 0.4) is 0 Å². The number of aliphatic hydroxyl groups excluding tert-OH is 1. The monoisotopic (exact) mass is 289 g/mol. The number of nitrogens with zero attached hydrogens (tertiary/aromatic N) is 1. The maximum absolute atomic E-state index is 13.3. The van der Waals surface area contributed by atoms with Gasteiger partial charge in [-0.2, -0.15) is 0 Å². The Morgan fingerprint density at radius 2 is 2.15 bits per heavy atom. The zero-order valence-electron chi connectivity index (χ0n) is 11.3. The van der Waals surface area contributed by atoms with Gasteiger partial charge in [-0.25, -0.2) is 4.39 Å². The highest BCUT2D eigenvalue weighted by Crippen LogP contribution is 2.22. The van der Waals surface area contributed by atoms with E-state index in [1.165, 1.54) is 10.9 Å². The van der Waals surface area contributed by atoms with Gasteiger partial charge in [0.2, 0.25) is 0 Å². The number of anilines is 1. The lowest BCUT2D eigenvalue weighted by Crippen LogP contribution is -2.21. The first-order chi connectivity index (χ1) is 9.72. The number of benzene rings is 1. The molecule has 20 heavy (non-hydrogen) atoms. The van der Waals surface area contributed by atoms with Crippen LogP contribution < -0.4 is 4.90 Å². The summed E-state index contributed by atoms with van der Waals surface area (Å²) in [5, 5.41) is 8.68. The van der Waals surface area contributed by atoms with Crippen molar-refractivity contribution in [3.05, 3.63) is 52.0 Å². The Morgan fingerprint density at radius 1 is 1.30 bits per heavy atom. The van der Waals surface area contributed by atoms with Crippen molar-refractivity contribution in [3.8, 4) is 11.8 Å². The van der Waals surface area contributed by atoms with Gasteiger partial charge in [0.1, 0.15) is 12.4 Å². The van der Waals surface area contributed by atoms with Crippen molar-refractivity contribution in [2.45, 2.75) is 13.5 Å². The smallest absolute Gasteiger partial charge is 0.125 e. The Labute approximate surface area is 122 Å². The van der Waals surface area contributed by atoms with Gasteiger partial charge in [0.25, 0.3) is 0 Å². The number of rotatable bonds is 4. The molecule has 0 amide bonds. The molecule has 0 atom stereocenters. The van der Waals surface area contributed by atoms with Crippen LogP contribution in [0, 0.1) is 17.7 Å². The van der Waals surface area contributed by atoms with E-state index in [0.717, 1.165) is 23.7 Å². The highest BCUT2D eigenvalue weighted by Gasteiger charge is 2.07. The molecule has 0 bridgehead atoms. The molecular formula is C16H16FNOS. The average molecular weight is 289 g/mol. The van der Waals surface area contributed by atoms with Crippen LogP contribution in [0.5, 0.6) is 0 Å². The third-order valence-electron chi connectivity index (χ3n) is 2.85. The molecule has 0 unspecified atom stereocenters. The van der Waals surface area contributed by atoms with E-state index in [9.17, 15) is 4.39 Å². The summed E-state index contributed by atoms with van der Waals surface area (Å²) in [4.78, 5) is 4.21. The second-order valence-corrected chi connectivity index (χ2v) is 5.39. The van der Waals surface area contributed by atoms with E-state index >= 15 is 0 Å². The second kappa shape index (κ2) is 7.09. The summed E-state index contributed by atoms with van der Waals surface area (Å²) in [5.74, 6) is 5.31. The normalized spacial score (nSPS) is 9.95. The lowest BCUT2D eigenvalue weighted by molar-refractivity contribution is 0.350. The van der Waals surface area contributed by atoms with Gasteiger partial charge in [-0.05, 0) is 37.3 Å². The van der Waals surface area contributed by atoms with E-state index in [-0.39, 0.29) is 12.4 Å². The van der Waals surface area contributed by atoms with Crippen molar-refractivity contribution in [1.82, 2.24) is 0 Å². The summed E-state index contributed by atoms with van der Waals surface area (Å²) >= 11 is 1.60. The van der Waals surface area contributed by atoms with Crippen LogP contribution in [-0.4, -0.2) is 18.3 Å². The molecule has 0 saturated carbocycles. The lowest BCUT2D eigenvalue weighted by atomic mass is 10.2. The summed E-state index contributed by atoms with van der Waals surface area (Å²) in [6, 6.07) is 10.6. The Balaban J connectivity index is 2.12. The van der Waals surface area contributed by atoms with Crippen molar-refractivity contribution < 1.29 is 9.50 Å². The van der Waals surface area contributed by atoms with E-state index in [1.807, 2.05) is 25.1 Å². The largest absolute Gasteiger partial charge is 0.384 e. The third kappa shape index (κ3) is 3.83. The average Bonchev–Trinajstić information content (AvgIpc) is 2.90. The number of hydrogen-bond acceptors (Lipinski definition) is 3. The predicted octanol–water partition coefficient (Wildman–Crippen LogP) is 3.26. The summed E-state index contributed by atoms with van der Waals surface area (Å²) in [5.41, 5.74) is 0.879. The zero-order valence-corrected chi connectivity index (χ0v) is 12.1. The minimum Gasteiger partial charge on any atom is -0.384 e. The van der Waals surface area contributed by atoms with Crippen LogP contribution in [0.1, 0.15) is 16.7 Å². The molecular weight excluding hydrogens is 273 g/mol. The standard InChI is InChI=1S/C16H16FNOS/c1-2-18(14-6-3-5-13(17)11-14)12-16-9-8-15(20-16)7-4-10-19/h3,5-6,8-9,11,19H,2,10,12H2,1H3. The molecule has 2 aromatic rings. The third-order valence-corrected chi connectivity index (χ3v) is 3.84. The first-order valence-corrected chi connectivity index (χ1v) is 7.23. The molecule has 0 fully saturated rings. The Bertz CT molecular complexity index is 627. The van der Waals surface area contributed by atoms with Crippen molar-refractivity contribution in [3.63, 3.8) is 0 Å². The molecule has 1 aromatic heterocycles. The van der Waals surface area contributed by atoms with Crippen LogP contribution in [0.25, 0.3) is 0 Å². The topological polar surface area (TPSA) is 23.5 Å². The fourth-order valence-electron chi connectivity index (χ4n) is 1.90. The van der Waals surface area contributed by atoms with Gasteiger partial charge in [-0.1, -0.05) is 17.9 Å². The minimum absolute atomic E-state index is 0.127. The molecule has 0 radical (unpaired) electrons. The van der Waals surface area contributed by atoms with Crippen molar-refractivity contribution in [2.75, 3.05) is 18.1 Å². The molecule has 2 rings (SSSR count). The van der Waals surface area contributed by atoms with Gasteiger partial charge in [0, 0.05) is 17.1 Å². The summed E-state index contributed by atoms with van der Waals surface area (Å²) in [6.07, 6.45) is 0. The number of hydrogen-bond donors (Lipinski definition) is 1. The van der Waals surface area contributed by atoms with Crippen molar-refractivity contribution >= 4 is 17.0 Å². The van der Waals surface area contributed by atoms with Gasteiger partial charge in [0.15, 0.2) is 0 Å². The van der Waals surface area contributed by atoms with E-state index in [1.54, 1.807) is 23.5 Å². The van der Waals surface area contributed by atoms with Crippen LogP contribution in [0.15, 0.2) is 36.4 Å². The van der Waals surface area contributed by atoms with Crippen molar-refractivity contribution in [2.24, 2.45) is 0 Å². The van der Waals surface area contributed by atoms with E-state index in [2.05, 4.69) is 16.7 Å². The highest BCUT2D eigenvalue weighted by atomic mass is 32.1. The molecule has 0 aliphatic heterocycles. The molecule has 0 aliphatic rings. The lowest BCUT2D eigenvalue weighted by Gasteiger charge is -2.22. The molecule has 1 aromatic carbocycles. The Morgan fingerprint density at radius 3 is 2.85 bits per heavy atom. The summed E-state index contributed by atoms with van der Waals surface area (Å²) in [6.45, 7) is 3.45. The SMILES string of the molecule is CCN(Cc1ccc(C#CCO)s1)c1cccc(F)c1. The van der Waals surface area contributed by atoms with E-state index in [0.29, 0.717) is 0 Å². The fourth-order valence-corrected chi connectivity index (χ4v) is 2.80. The van der Waals surface area contributed by atoms with Crippen LogP contribution in [-0.2, 0) is 6.54 Å². The molecule has 4 heteroatoms. The molecule has 2 nitrogen and oxygen atoms in total. The number of halogens is 1. The summed E-state index contributed by atoms with van der Waals surface area (Å²) in [7, 11) is 0. The quantitative estimate of drug-likeness (QED) is 0.873. The van der Waals surface area contributed by atoms with Gasteiger partial charge in [-0.15, -0.1) is 11.3 Å². The highest BCUT2D eigenvalue weighted by molar-refractivity contribution is 7.12. The van der Waals surface area contributed by atoms with Gasteiger partial charge in [0.05, 0.1) is 11.4 Å². The number of aliphatic hydroxyl groups is 1. The molecule has 1 heterocycles. The first kappa shape index (κ1) is 14.6. The molecule has 0 aliphatic carbocycles. The van der Waals surface area contributed by atoms with Crippen LogP contribution in [0.4, 0.5) is 10.1 Å². The van der Waals surface area contributed by atoms with Crippen LogP contribution in [0.2, 0.25) is 0 Å². The first-order valence-electron chi connectivity index (χ1n) is 6.42. The Hall–Kier alpha value is -1.83. The fraction of sp³-hybridized carbons (Fsp3) is 0.250. The van der Waals surface area contributed by atoms with Gasteiger partial charge >= 0.3 is 0 Å². The van der Waals surface area contributed by atoms with E-state index in [4.69, 9.17) is 5.11 Å². The Kier molecular flexibility index (Phi) is 5.16. The zero-order chi connectivity index (χ0) is 14.4. The molecule has 0 saturated heterocycles. The molecule has 104 valence electrons. The predicted molar refractivity (Wildman–Crippen MR) is 81.4 cm³/mol. The maximum atomic E-state index is 13.3. The van der Waals surface area contributed by atoms with Crippen molar-refractivity contribution in [1.29, 1.82) is 0 Å². The van der Waals surface area contributed by atoms with Gasteiger partial charge in [-0.3, -0.25) is 0 Å². The minimum atomic E-state index is -0.221.